The molecule has 0 spiro atoms. The van der Waals surface area contributed by atoms with Crippen molar-refractivity contribution < 1.29 is 0 Å². The van der Waals surface area contributed by atoms with Crippen LogP contribution in [0, 0.1) is 0 Å². The zero-order valence-corrected chi connectivity index (χ0v) is 10.7. The number of nitrogens with two attached hydrogens (primary N) is 2. The zero-order chi connectivity index (χ0) is 12.2. The van der Waals surface area contributed by atoms with Gasteiger partial charge in [-0.15, -0.1) is 0 Å². The van der Waals surface area contributed by atoms with Gasteiger partial charge >= 0.3 is 0 Å². The molecular formula is C14H24N2. The van der Waals surface area contributed by atoms with E-state index in [-0.39, 0.29) is 11.5 Å². The number of rotatable bonds is 4. The molecule has 0 aromatic heterocycles. The summed E-state index contributed by atoms with van der Waals surface area (Å²) < 4.78 is 0. The highest BCUT2D eigenvalue weighted by molar-refractivity contribution is 5.27. The lowest BCUT2D eigenvalue weighted by molar-refractivity contribution is 0.589. The third kappa shape index (κ3) is 3.95. The summed E-state index contributed by atoms with van der Waals surface area (Å²) in [6.45, 7) is 7.26. The topological polar surface area (TPSA) is 52.0 Å². The van der Waals surface area contributed by atoms with E-state index in [0.717, 1.165) is 12.8 Å². The van der Waals surface area contributed by atoms with Gasteiger partial charge in [0.05, 0.1) is 0 Å². The number of hydrogen-bond donors (Lipinski definition) is 2. The maximum Gasteiger partial charge on any atom is 0.0166 e. The number of hydrogen-bond acceptors (Lipinski definition) is 2. The molecule has 0 amide bonds. The minimum absolute atomic E-state index is 0.127. The molecule has 90 valence electrons. The molecule has 1 aromatic rings. The third-order valence-electron chi connectivity index (χ3n) is 2.93. The molecule has 1 aromatic carbocycles. The molecule has 1 rings (SSSR count). The summed E-state index contributed by atoms with van der Waals surface area (Å²) in [5.74, 6) is 0. The van der Waals surface area contributed by atoms with E-state index in [0.29, 0.717) is 6.54 Å². The van der Waals surface area contributed by atoms with E-state index in [1.165, 1.54) is 11.1 Å². The fraction of sp³-hybridized carbons (Fsp3) is 0.571. The van der Waals surface area contributed by atoms with Crippen LogP contribution in [0.5, 0.6) is 0 Å². The Bertz CT molecular complexity index is 309. The van der Waals surface area contributed by atoms with Gasteiger partial charge in [-0.2, -0.15) is 0 Å². The van der Waals surface area contributed by atoms with Crippen LogP contribution in [0.25, 0.3) is 0 Å². The zero-order valence-electron chi connectivity index (χ0n) is 10.7. The Labute approximate surface area is 99.0 Å². The highest BCUT2D eigenvalue weighted by Gasteiger charge is 2.12. The van der Waals surface area contributed by atoms with Crippen molar-refractivity contribution in [1.82, 2.24) is 0 Å². The van der Waals surface area contributed by atoms with Gasteiger partial charge in [0.15, 0.2) is 0 Å². The third-order valence-corrected chi connectivity index (χ3v) is 2.93. The molecule has 0 fully saturated rings. The van der Waals surface area contributed by atoms with Crippen molar-refractivity contribution >= 4 is 0 Å². The van der Waals surface area contributed by atoms with E-state index >= 15 is 0 Å². The lowest BCUT2D eigenvalue weighted by atomic mass is 9.86. The van der Waals surface area contributed by atoms with E-state index in [4.69, 9.17) is 11.5 Å². The Balaban J connectivity index is 2.58. The molecule has 0 aliphatic heterocycles. The Morgan fingerprint density at radius 3 is 2.12 bits per heavy atom. The lowest BCUT2D eigenvalue weighted by Gasteiger charge is -2.19. The Morgan fingerprint density at radius 2 is 1.69 bits per heavy atom. The second kappa shape index (κ2) is 5.46. The van der Waals surface area contributed by atoms with E-state index in [1.807, 2.05) is 0 Å². The second-order valence-corrected chi connectivity index (χ2v) is 5.48. The maximum atomic E-state index is 5.79. The summed E-state index contributed by atoms with van der Waals surface area (Å²) in [5.41, 5.74) is 14.2. The van der Waals surface area contributed by atoms with E-state index in [9.17, 15) is 0 Å². The van der Waals surface area contributed by atoms with Crippen LogP contribution in [0.2, 0.25) is 0 Å². The van der Waals surface area contributed by atoms with E-state index in [2.05, 4.69) is 45.0 Å². The van der Waals surface area contributed by atoms with Crippen LogP contribution in [0.3, 0.4) is 0 Å². The molecule has 1 atom stereocenters. The molecule has 16 heavy (non-hydrogen) atoms. The fourth-order valence-electron chi connectivity index (χ4n) is 1.64. The Morgan fingerprint density at radius 1 is 1.12 bits per heavy atom. The van der Waals surface area contributed by atoms with E-state index < -0.39 is 0 Å². The molecule has 2 heteroatoms. The van der Waals surface area contributed by atoms with E-state index in [1.54, 1.807) is 0 Å². The first-order chi connectivity index (χ1) is 7.43. The van der Waals surface area contributed by atoms with Crippen LogP contribution in [0.4, 0.5) is 0 Å². The first kappa shape index (κ1) is 13.2. The second-order valence-electron chi connectivity index (χ2n) is 5.48. The van der Waals surface area contributed by atoms with Gasteiger partial charge in [-0.05, 0) is 29.4 Å². The predicted octanol–water partition coefficient (Wildman–Crippen LogP) is 2.20. The summed E-state index contributed by atoms with van der Waals surface area (Å²) in [4.78, 5) is 0. The van der Waals surface area contributed by atoms with Gasteiger partial charge in [0.2, 0.25) is 0 Å². The van der Waals surface area contributed by atoms with Gasteiger partial charge in [-0.3, -0.25) is 0 Å². The Hall–Kier alpha value is -0.860. The largest absolute Gasteiger partial charge is 0.329 e. The smallest absolute Gasteiger partial charge is 0.0166 e. The number of aryl methyl sites for hydroxylation is 1. The Kier molecular flexibility index (Phi) is 4.51. The van der Waals surface area contributed by atoms with Crippen LogP contribution >= 0.6 is 0 Å². The molecular weight excluding hydrogens is 196 g/mol. The normalized spacial score (nSPS) is 13.8. The van der Waals surface area contributed by atoms with Crippen molar-refractivity contribution in [3.8, 4) is 0 Å². The van der Waals surface area contributed by atoms with Crippen molar-refractivity contribution in [3.05, 3.63) is 35.4 Å². The maximum absolute atomic E-state index is 5.79. The van der Waals surface area contributed by atoms with Crippen LogP contribution in [-0.4, -0.2) is 12.6 Å². The molecule has 0 radical (unpaired) electrons. The first-order valence-corrected chi connectivity index (χ1v) is 5.98. The minimum atomic E-state index is 0.127. The highest BCUT2D eigenvalue weighted by Crippen LogP contribution is 2.22. The van der Waals surface area contributed by atoms with Gasteiger partial charge in [0.25, 0.3) is 0 Å². The average molecular weight is 220 g/mol. The number of benzene rings is 1. The summed E-state index contributed by atoms with van der Waals surface area (Å²) in [7, 11) is 0. The van der Waals surface area contributed by atoms with Crippen molar-refractivity contribution in [2.45, 2.75) is 45.1 Å². The predicted molar refractivity (Wildman–Crippen MR) is 70.5 cm³/mol. The quantitative estimate of drug-likeness (QED) is 0.817. The molecule has 1 unspecified atom stereocenters. The summed E-state index contributed by atoms with van der Waals surface area (Å²) in [5, 5.41) is 0. The van der Waals surface area contributed by atoms with Gasteiger partial charge in [0, 0.05) is 12.6 Å². The van der Waals surface area contributed by atoms with Crippen molar-refractivity contribution in [1.29, 1.82) is 0 Å². The van der Waals surface area contributed by atoms with Gasteiger partial charge in [0.1, 0.15) is 0 Å². The molecule has 0 aliphatic rings. The summed E-state index contributed by atoms with van der Waals surface area (Å²) >= 11 is 0. The standard InChI is InChI=1S/C14H24N2/c1-14(2,3)12-7-4-11(5-8-12)6-9-13(16)10-15/h4-5,7-8,13H,6,9-10,15-16H2,1-3H3. The van der Waals surface area contributed by atoms with Crippen molar-refractivity contribution in [2.75, 3.05) is 6.54 Å². The van der Waals surface area contributed by atoms with Crippen molar-refractivity contribution in [3.63, 3.8) is 0 Å². The fourth-order valence-corrected chi connectivity index (χ4v) is 1.64. The van der Waals surface area contributed by atoms with Gasteiger partial charge < -0.3 is 11.5 Å². The van der Waals surface area contributed by atoms with Crippen molar-refractivity contribution in [2.24, 2.45) is 11.5 Å². The van der Waals surface area contributed by atoms with Crippen LogP contribution in [-0.2, 0) is 11.8 Å². The summed E-state index contributed by atoms with van der Waals surface area (Å²) in [6, 6.07) is 8.95. The molecule has 4 N–H and O–H groups in total. The highest BCUT2D eigenvalue weighted by atomic mass is 14.7. The molecule has 0 heterocycles. The SMILES string of the molecule is CC(C)(C)c1ccc(CCC(N)CN)cc1. The molecule has 2 nitrogen and oxygen atoms in total. The average Bonchev–Trinajstić information content (AvgIpc) is 2.25. The molecule has 0 saturated heterocycles. The van der Waals surface area contributed by atoms with Crippen LogP contribution < -0.4 is 11.5 Å². The van der Waals surface area contributed by atoms with Crippen LogP contribution in [0.1, 0.15) is 38.3 Å². The van der Waals surface area contributed by atoms with Gasteiger partial charge in [-0.1, -0.05) is 45.0 Å². The lowest BCUT2D eigenvalue weighted by Crippen LogP contribution is -2.29. The van der Waals surface area contributed by atoms with Crippen LogP contribution in [0.15, 0.2) is 24.3 Å². The summed E-state index contributed by atoms with van der Waals surface area (Å²) in [6.07, 6.45) is 1.98. The monoisotopic (exact) mass is 220 g/mol. The first-order valence-electron chi connectivity index (χ1n) is 5.98. The van der Waals surface area contributed by atoms with Gasteiger partial charge in [-0.25, -0.2) is 0 Å². The molecule has 0 bridgehead atoms. The molecule has 0 aliphatic carbocycles. The molecule has 0 saturated carbocycles. The minimum Gasteiger partial charge on any atom is -0.329 e.